The number of fused-ring (bicyclic) bond motifs is 5. The zero-order valence-corrected chi connectivity index (χ0v) is 16.9. The van der Waals surface area contributed by atoms with Gasteiger partial charge >= 0.3 is 17.9 Å². The molecule has 0 radical (unpaired) electrons. The Morgan fingerprint density at radius 1 is 1.06 bits per heavy atom. The van der Waals surface area contributed by atoms with E-state index in [2.05, 4.69) is 0 Å². The Kier molecular flexibility index (Phi) is 4.89. The second kappa shape index (κ2) is 7.31. The van der Waals surface area contributed by atoms with Crippen LogP contribution in [0.2, 0.25) is 0 Å². The molecular weight excluding hydrogens is 410 g/mol. The highest BCUT2D eigenvalue weighted by Crippen LogP contribution is 2.55. The highest BCUT2D eigenvalue weighted by molar-refractivity contribution is 6.25. The zero-order valence-electron chi connectivity index (χ0n) is 16.9. The Morgan fingerprint density at radius 2 is 1.71 bits per heavy atom. The third kappa shape index (κ3) is 3.02. The normalized spacial score (nSPS) is 28.1. The maximum atomic E-state index is 13.5. The third-order valence-corrected chi connectivity index (χ3v) is 5.54. The van der Waals surface area contributed by atoms with Crippen molar-refractivity contribution >= 4 is 35.4 Å². The fourth-order valence-corrected chi connectivity index (χ4v) is 4.41. The molecule has 1 aromatic carbocycles. The van der Waals surface area contributed by atoms with Gasteiger partial charge in [-0.3, -0.25) is 19.2 Å². The standard InChI is InChI=1S/C21H19NO9/c1-10(23)29-20(30-11(2)24)21-9-8-14(31-21)15-16(21)18(26)22(17(15)25)13-7-5-4-6-12(13)19(27)28-3/h4-9,14-16,20H,1-3H3/t14-,15+,16+,21-/m0/s1. The summed E-state index contributed by atoms with van der Waals surface area (Å²) in [7, 11) is 1.19. The quantitative estimate of drug-likeness (QED) is 0.288. The number of amides is 2. The highest BCUT2D eigenvalue weighted by Gasteiger charge is 2.72. The number of imide groups is 1. The lowest BCUT2D eigenvalue weighted by molar-refractivity contribution is -0.226. The molecule has 3 aliphatic heterocycles. The van der Waals surface area contributed by atoms with E-state index in [0.29, 0.717) is 0 Å². The number of benzene rings is 1. The summed E-state index contributed by atoms with van der Waals surface area (Å²) in [4.78, 5) is 63.1. The number of para-hydroxylation sites is 1. The fourth-order valence-electron chi connectivity index (χ4n) is 4.41. The average Bonchev–Trinajstić information content (AvgIpc) is 3.37. The van der Waals surface area contributed by atoms with Crippen LogP contribution in [0.25, 0.3) is 0 Å². The van der Waals surface area contributed by atoms with Gasteiger partial charge in [-0.25, -0.2) is 9.69 Å². The molecule has 3 heterocycles. The maximum absolute atomic E-state index is 13.5. The second-order valence-electron chi connectivity index (χ2n) is 7.37. The van der Waals surface area contributed by atoms with Gasteiger partial charge in [-0.2, -0.15) is 0 Å². The molecule has 0 aliphatic carbocycles. The number of anilines is 1. The van der Waals surface area contributed by atoms with E-state index >= 15 is 0 Å². The summed E-state index contributed by atoms with van der Waals surface area (Å²) in [5, 5.41) is 0. The predicted octanol–water partition coefficient (Wildman–Crippen LogP) is 0.738. The van der Waals surface area contributed by atoms with Crippen molar-refractivity contribution in [1.29, 1.82) is 0 Å². The third-order valence-electron chi connectivity index (χ3n) is 5.54. The highest BCUT2D eigenvalue weighted by atomic mass is 16.7. The Morgan fingerprint density at radius 3 is 2.32 bits per heavy atom. The van der Waals surface area contributed by atoms with Gasteiger partial charge in [0.2, 0.25) is 11.8 Å². The van der Waals surface area contributed by atoms with Crippen molar-refractivity contribution in [3.05, 3.63) is 42.0 Å². The molecule has 0 N–H and O–H groups in total. The molecule has 0 unspecified atom stereocenters. The average molecular weight is 429 g/mol. The Bertz CT molecular complexity index is 1020. The molecule has 2 fully saturated rings. The Labute approximate surface area is 176 Å². The zero-order chi connectivity index (χ0) is 22.5. The summed E-state index contributed by atoms with van der Waals surface area (Å²) in [6, 6.07) is 6.06. The van der Waals surface area contributed by atoms with E-state index in [9.17, 15) is 24.0 Å². The van der Waals surface area contributed by atoms with E-state index in [1.54, 1.807) is 18.2 Å². The molecule has 2 bridgehead atoms. The topological polar surface area (TPSA) is 126 Å². The van der Waals surface area contributed by atoms with Crippen LogP contribution in [0.3, 0.4) is 0 Å². The molecule has 31 heavy (non-hydrogen) atoms. The van der Waals surface area contributed by atoms with Crippen molar-refractivity contribution in [2.45, 2.75) is 31.8 Å². The molecule has 2 amide bonds. The molecule has 4 rings (SSSR count). The number of carbonyl (C=O) groups is 5. The molecule has 3 aliphatic rings. The first-order valence-corrected chi connectivity index (χ1v) is 9.48. The molecule has 0 saturated carbocycles. The van der Waals surface area contributed by atoms with Crippen LogP contribution in [0.1, 0.15) is 24.2 Å². The van der Waals surface area contributed by atoms with Crippen molar-refractivity contribution in [2.75, 3.05) is 12.0 Å². The molecule has 2 saturated heterocycles. The van der Waals surface area contributed by atoms with Gasteiger partial charge in [-0.15, -0.1) is 0 Å². The van der Waals surface area contributed by atoms with Crippen LogP contribution < -0.4 is 4.90 Å². The minimum absolute atomic E-state index is 0.0402. The molecule has 10 nitrogen and oxygen atoms in total. The summed E-state index contributed by atoms with van der Waals surface area (Å²) in [6.45, 7) is 2.24. The SMILES string of the molecule is COC(=O)c1ccccc1N1C(=O)[C@@H]2[C@@H]3C=C[C@](C(OC(C)=O)OC(C)=O)(O3)[C@H]2C1=O. The lowest BCUT2D eigenvalue weighted by Gasteiger charge is -2.34. The first kappa shape index (κ1) is 20.7. The van der Waals surface area contributed by atoms with Gasteiger partial charge in [0.25, 0.3) is 6.29 Å². The molecule has 0 aromatic heterocycles. The van der Waals surface area contributed by atoms with Gasteiger partial charge in [0.05, 0.1) is 36.3 Å². The predicted molar refractivity (Wildman–Crippen MR) is 101 cm³/mol. The van der Waals surface area contributed by atoms with Crippen molar-refractivity contribution in [3.8, 4) is 0 Å². The van der Waals surface area contributed by atoms with Crippen LogP contribution in [-0.2, 0) is 38.1 Å². The van der Waals surface area contributed by atoms with Gasteiger partial charge in [-0.1, -0.05) is 18.2 Å². The van der Waals surface area contributed by atoms with E-state index in [1.165, 1.54) is 25.3 Å². The Hall–Kier alpha value is -3.53. The number of esters is 3. The number of methoxy groups -OCH3 is 1. The molecule has 0 spiro atoms. The number of rotatable bonds is 5. The van der Waals surface area contributed by atoms with Gasteiger partial charge in [-0.05, 0) is 18.2 Å². The first-order valence-electron chi connectivity index (χ1n) is 9.48. The van der Waals surface area contributed by atoms with Gasteiger partial charge in [0, 0.05) is 13.8 Å². The summed E-state index contributed by atoms with van der Waals surface area (Å²) in [5.74, 6) is -5.52. The van der Waals surface area contributed by atoms with E-state index in [4.69, 9.17) is 18.9 Å². The van der Waals surface area contributed by atoms with Crippen LogP contribution >= 0.6 is 0 Å². The minimum Gasteiger partial charge on any atom is -0.465 e. The largest absolute Gasteiger partial charge is 0.465 e. The van der Waals surface area contributed by atoms with Crippen molar-refractivity contribution in [3.63, 3.8) is 0 Å². The van der Waals surface area contributed by atoms with E-state index in [-0.39, 0.29) is 11.3 Å². The van der Waals surface area contributed by atoms with Crippen LogP contribution in [-0.4, -0.2) is 54.8 Å². The summed E-state index contributed by atoms with van der Waals surface area (Å²) in [5.41, 5.74) is -1.54. The van der Waals surface area contributed by atoms with Crippen LogP contribution in [0, 0.1) is 11.8 Å². The number of ether oxygens (including phenoxy) is 4. The minimum atomic E-state index is -1.66. The smallest absolute Gasteiger partial charge is 0.339 e. The van der Waals surface area contributed by atoms with Crippen molar-refractivity contribution < 1.29 is 42.9 Å². The van der Waals surface area contributed by atoms with Crippen LogP contribution in [0.4, 0.5) is 5.69 Å². The van der Waals surface area contributed by atoms with Crippen molar-refractivity contribution in [2.24, 2.45) is 11.8 Å². The summed E-state index contributed by atoms with van der Waals surface area (Å²) < 4.78 is 21.0. The van der Waals surface area contributed by atoms with Crippen LogP contribution in [0.15, 0.2) is 36.4 Å². The number of carbonyl (C=O) groups excluding carboxylic acids is 5. The van der Waals surface area contributed by atoms with Gasteiger partial charge < -0.3 is 18.9 Å². The fraction of sp³-hybridized carbons (Fsp3) is 0.381. The lowest BCUT2D eigenvalue weighted by atomic mass is 9.76. The van der Waals surface area contributed by atoms with Gasteiger partial charge in [0.15, 0.2) is 5.60 Å². The van der Waals surface area contributed by atoms with E-state index in [1.807, 2.05) is 0 Å². The Balaban J connectivity index is 1.77. The molecule has 162 valence electrons. The summed E-state index contributed by atoms with van der Waals surface area (Å²) >= 11 is 0. The summed E-state index contributed by atoms with van der Waals surface area (Å²) in [6.07, 6.45) is 0.704. The molecule has 10 heteroatoms. The molecule has 1 aromatic rings. The molecular formula is C21H19NO9. The van der Waals surface area contributed by atoms with E-state index < -0.39 is 59.6 Å². The van der Waals surface area contributed by atoms with Gasteiger partial charge in [0.1, 0.15) is 0 Å². The maximum Gasteiger partial charge on any atom is 0.339 e. The van der Waals surface area contributed by atoms with Crippen LogP contribution in [0.5, 0.6) is 0 Å². The first-order chi connectivity index (χ1) is 14.7. The second-order valence-corrected chi connectivity index (χ2v) is 7.37. The lowest BCUT2D eigenvalue weighted by Crippen LogP contribution is -2.52. The number of hydrogen-bond acceptors (Lipinski definition) is 9. The van der Waals surface area contributed by atoms with Crippen molar-refractivity contribution in [1.82, 2.24) is 0 Å². The monoisotopic (exact) mass is 429 g/mol. The number of hydrogen-bond donors (Lipinski definition) is 0. The molecule has 4 atom stereocenters. The van der Waals surface area contributed by atoms with E-state index in [0.717, 1.165) is 18.7 Å². The number of nitrogens with zero attached hydrogens (tertiary/aromatic N) is 1.